The highest BCUT2D eigenvalue weighted by Crippen LogP contribution is 2.31. The largest absolute Gasteiger partial charge is 0.480 e. The van der Waals surface area contributed by atoms with Crippen LogP contribution < -0.4 is 0 Å². The summed E-state index contributed by atoms with van der Waals surface area (Å²) in [6.07, 6.45) is 3.80. The van der Waals surface area contributed by atoms with Crippen molar-refractivity contribution in [3.8, 4) is 0 Å². The third-order valence-corrected chi connectivity index (χ3v) is 4.24. The first kappa shape index (κ1) is 12.9. The summed E-state index contributed by atoms with van der Waals surface area (Å²) in [6.45, 7) is 1.97. The van der Waals surface area contributed by atoms with Gasteiger partial charge in [-0.3, -0.25) is 4.79 Å². The maximum atomic E-state index is 12.2. The van der Waals surface area contributed by atoms with Gasteiger partial charge in [0.25, 0.3) is 0 Å². The second kappa shape index (κ2) is 5.38. The van der Waals surface area contributed by atoms with E-state index in [-0.39, 0.29) is 17.8 Å². The molecule has 18 heavy (non-hydrogen) atoms. The minimum absolute atomic E-state index is 0.0286. The number of carbonyl (C=O) groups excluding carboxylic acids is 1. The average molecular weight is 270 g/mol. The molecule has 1 amide bonds. The van der Waals surface area contributed by atoms with E-state index < -0.39 is 12.0 Å². The van der Waals surface area contributed by atoms with E-state index in [0.717, 1.165) is 6.42 Å². The van der Waals surface area contributed by atoms with Crippen LogP contribution in [0.5, 0.6) is 0 Å². The summed E-state index contributed by atoms with van der Waals surface area (Å²) in [5.41, 5.74) is 0. The molecule has 1 N–H and O–H groups in total. The Morgan fingerprint density at radius 2 is 2.33 bits per heavy atom. The van der Waals surface area contributed by atoms with E-state index in [9.17, 15) is 9.59 Å². The van der Waals surface area contributed by atoms with Gasteiger partial charge >= 0.3 is 5.97 Å². The first-order chi connectivity index (χ1) is 8.63. The van der Waals surface area contributed by atoms with Crippen LogP contribution in [0.1, 0.15) is 13.3 Å². The number of hydrogen-bond donors (Lipinski definition) is 1. The van der Waals surface area contributed by atoms with Crippen LogP contribution in [0.2, 0.25) is 0 Å². The Morgan fingerprint density at radius 3 is 2.89 bits per heavy atom. The van der Waals surface area contributed by atoms with Crippen molar-refractivity contribution in [3.63, 3.8) is 0 Å². The van der Waals surface area contributed by atoms with Gasteiger partial charge in [0.1, 0.15) is 12.6 Å². The zero-order valence-electron chi connectivity index (χ0n) is 9.89. The smallest absolute Gasteiger partial charge is 0.327 e. The van der Waals surface area contributed by atoms with E-state index in [1.807, 2.05) is 6.92 Å². The lowest BCUT2D eigenvalue weighted by Gasteiger charge is -2.26. The zero-order chi connectivity index (χ0) is 13.1. The summed E-state index contributed by atoms with van der Waals surface area (Å²) in [7, 11) is 0. The van der Waals surface area contributed by atoms with Crippen molar-refractivity contribution in [3.05, 3.63) is 12.4 Å². The minimum atomic E-state index is -0.953. The maximum absolute atomic E-state index is 12.2. The molecule has 0 spiro atoms. The number of carbonyl (C=O) groups is 2. The number of aromatic nitrogens is 3. The molecule has 1 aliphatic rings. The van der Waals surface area contributed by atoms with Crippen LogP contribution in [0.4, 0.5) is 0 Å². The van der Waals surface area contributed by atoms with Crippen molar-refractivity contribution in [1.82, 2.24) is 19.9 Å². The van der Waals surface area contributed by atoms with Crippen molar-refractivity contribution in [1.29, 1.82) is 0 Å². The number of nitrogens with zero attached hydrogens (tertiary/aromatic N) is 4. The Labute approximate surface area is 108 Å². The van der Waals surface area contributed by atoms with Crippen LogP contribution >= 0.6 is 11.8 Å². The Kier molecular flexibility index (Phi) is 3.85. The molecule has 1 aliphatic heterocycles. The molecule has 0 aromatic carbocycles. The van der Waals surface area contributed by atoms with Gasteiger partial charge in [-0.15, -0.1) is 16.9 Å². The molecule has 2 rings (SSSR count). The third-order valence-electron chi connectivity index (χ3n) is 2.78. The first-order valence-corrected chi connectivity index (χ1v) is 6.68. The summed E-state index contributed by atoms with van der Waals surface area (Å²) < 4.78 is 1.40. The van der Waals surface area contributed by atoms with Crippen molar-refractivity contribution >= 4 is 23.6 Å². The SMILES string of the molecule is CCC1SCC(C(=O)O)N1C(=O)Cn1ccnn1. The number of rotatable bonds is 4. The molecule has 98 valence electrons. The van der Waals surface area contributed by atoms with Gasteiger partial charge in [-0.2, -0.15) is 0 Å². The Balaban J connectivity index is 2.11. The molecule has 2 heterocycles. The molecule has 0 radical (unpaired) electrons. The highest BCUT2D eigenvalue weighted by molar-refractivity contribution is 8.00. The van der Waals surface area contributed by atoms with E-state index >= 15 is 0 Å². The van der Waals surface area contributed by atoms with Gasteiger partial charge in [0, 0.05) is 11.9 Å². The predicted molar refractivity (Wildman–Crippen MR) is 64.8 cm³/mol. The molecule has 0 aliphatic carbocycles. The molecule has 2 atom stereocenters. The quantitative estimate of drug-likeness (QED) is 0.831. The van der Waals surface area contributed by atoms with Crippen LogP contribution in [0.25, 0.3) is 0 Å². The summed E-state index contributed by atoms with van der Waals surface area (Å²) >= 11 is 1.51. The van der Waals surface area contributed by atoms with Gasteiger partial charge in [-0.25, -0.2) is 9.48 Å². The van der Waals surface area contributed by atoms with Crippen molar-refractivity contribution in [2.45, 2.75) is 31.3 Å². The maximum Gasteiger partial charge on any atom is 0.327 e. The van der Waals surface area contributed by atoms with E-state index in [4.69, 9.17) is 5.11 Å². The second-order valence-corrected chi connectivity index (χ2v) is 5.16. The lowest BCUT2D eigenvalue weighted by Crippen LogP contribution is -2.46. The van der Waals surface area contributed by atoms with E-state index in [0.29, 0.717) is 5.75 Å². The first-order valence-electron chi connectivity index (χ1n) is 5.63. The molecular weight excluding hydrogens is 256 g/mol. The highest BCUT2D eigenvalue weighted by atomic mass is 32.2. The number of carboxylic acid groups (broad SMARTS) is 1. The number of amides is 1. The van der Waals surface area contributed by atoms with Crippen molar-refractivity contribution in [2.24, 2.45) is 0 Å². The summed E-state index contributed by atoms with van der Waals surface area (Å²) in [5.74, 6) is -0.744. The number of hydrogen-bond acceptors (Lipinski definition) is 5. The molecule has 1 aromatic heterocycles. The Hall–Kier alpha value is -1.57. The number of carboxylic acids is 1. The predicted octanol–water partition coefficient (Wildman–Crippen LogP) is 0.0428. The molecule has 7 nitrogen and oxygen atoms in total. The summed E-state index contributed by atoms with van der Waals surface area (Å²) in [5, 5.41) is 16.4. The van der Waals surface area contributed by atoms with Crippen molar-refractivity contribution in [2.75, 3.05) is 5.75 Å². The van der Waals surface area contributed by atoms with Gasteiger partial charge in [0.05, 0.1) is 11.6 Å². The Bertz CT molecular complexity index is 436. The molecule has 0 bridgehead atoms. The fourth-order valence-electron chi connectivity index (χ4n) is 1.94. The van der Waals surface area contributed by atoms with E-state index in [2.05, 4.69) is 10.3 Å². The lowest BCUT2D eigenvalue weighted by molar-refractivity contribution is -0.149. The monoisotopic (exact) mass is 270 g/mol. The van der Waals surface area contributed by atoms with Crippen LogP contribution in [0, 0.1) is 0 Å². The Morgan fingerprint density at radius 1 is 1.56 bits per heavy atom. The standard InChI is InChI=1S/C10H14N4O3S/c1-2-9-14(7(6-18-9)10(16)17)8(15)5-13-4-3-11-12-13/h3-4,7,9H,2,5-6H2,1H3,(H,16,17). The van der Waals surface area contributed by atoms with Crippen LogP contribution in [-0.4, -0.2) is 54.0 Å². The topological polar surface area (TPSA) is 88.3 Å². The van der Waals surface area contributed by atoms with Gasteiger partial charge in [0.15, 0.2) is 0 Å². The normalized spacial score (nSPS) is 23.3. The van der Waals surface area contributed by atoms with Crippen LogP contribution in [0.3, 0.4) is 0 Å². The van der Waals surface area contributed by atoms with Gasteiger partial charge in [-0.1, -0.05) is 12.1 Å². The third kappa shape index (κ3) is 2.47. The van der Waals surface area contributed by atoms with Gasteiger partial charge in [-0.05, 0) is 6.42 Å². The summed E-state index contributed by atoms with van der Waals surface area (Å²) in [4.78, 5) is 24.7. The van der Waals surface area contributed by atoms with Crippen molar-refractivity contribution < 1.29 is 14.7 Å². The lowest BCUT2D eigenvalue weighted by atomic mass is 10.2. The molecule has 1 saturated heterocycles. The zero-order valence-corrected chi connectivity index (χ0v) is 10.7. The van der Waals surface area contributed by atoms with E-state index in [1.54, 1.807) is 6.20 Å². The average Bonchev–Trinajstić information content (AvgIpc) is 2.95. The second-order valence-electron chi connectivity index (χ2n) is 3.95. The van der Waals surface area contributed by atoms with Gasteiger partial charge in [0.2, 0.25) is 5.91 Å². The minimum Gasteiger partial charge on any atom is -0.480 e. The summed E-state index contributed by atoms with van der Waals surface area (Å²) in [6, 6.07) is -0.740. The molecule has 2 unspecified atom stereocenters. The highest BCUT2D eigenvalue weighted by Gasteiger charge is 2.40. The fourth-order valence-corrected chi connectivity index (χ4v) is 3.31. The van der Waals surface area contributed by atoms with Crippen LogP contribution in [0.15, 0.2) is 12.4 Å². The van der Waals surface area contributed by atoms with Gasteiger partial charge < -0.3 is 10.0 Å². The molecule has 8 heteroatoms. The number of aliphatic carboxylic acids is 1. The molecular formula is C10H14N4O3S. The molecule has 0 saturated carbocycles. The van der Waals surface area contributed by atoms with Crippen LogP contribution in [-0.2, 0) is 16.1 Å². The number of thioether (sulfide) groups is 1. The van der Waals surface area contributed by atoms with E-state index in [1.165, 1.54) is 27.5 Å². The molecule has 1 fully saturated rings. The fraction of sp³-hybridized carbons (Fsp3) is 0.600. The molecule has 1 aromatic rings.